The van der Waals surface area contributed by atoms with Crippen molar-refractivity contribution in [2.45, 2.75) is 61.3 Å². The summed E-state index contributed by atoms with van der Waals surface area (Å²) in [6.45, 7) is 18.9. The summed E-state index contributed by atoms with van der Waals surface area (Å²) in [5.41, 5.74) is 7.55. The molecule has 1 atom stereocenters. The zero-order valence-electron chi connectivity index (χ0n) is 26.0. The summed E-state index contributed by atoms with van der Waals surface area (Å²) in [6.07, 6.45) is 1.76. The predicted molar refractivity (Wildman–Crippen MR) is 177 cm³/mol. The maximum Gasteiger partial charge on any atom is 0.252 e. The van der Waals surface area contributed by atoms with Crippen LogP contribution in [0.3, 0.4) is 0 Å². The average molecular weight is 579 g/mol. The van der Waals surface area contributed by atoms with E-state index in [2.05, 4.69) is 87.8 Å². The van der Waals surface area contributed by atoms with E-state index < -0.39 is 0 Å². The highest BCUT2D eigenvalue weighted by molar-refractivity contribution is 8.14. The van der Waals surface area contributed by atoms with Crippen LogP contribution >= 0.6 is 11.8 Å². The van der Waals surface area contributed by atoms with Crippen molar-refractivity contribution in [3.63, 3.8) is 0 Å². The number of aryl methyl sites for hydroxylation is 3. The van der Waals surface area contributed by atoms with E-state index in [1.807, 2.05) is 0 Å². The Morgan fingerprint density at radius 2 is 1.83 bits per heavy atom. The van der Waals surface area contributed by atoms with Crippen molar-refractivity contribution in [1.29, 1.82) is 0 Å². The van der Waals surface area contributed by atoms with E-state index in [9.17, 15) is 0 Å². The summed E-state index contributed by atoms with van der Waals surface area (Å²) in [7, 11) is 1.72. The van der Waals surface area contributed by atoms with Crippen LogP contribution in [-0.4, -0.2) is 62.7 Å². The Morgan fingerprint density at radius 1 is 1.05 bits per heavy atom. The molecule has 2 aromatic carbocycles. The number of rotatable bonds is 7. The highest BCUT2D eigenvalue weighted by Gasteiger charge is 2.24. The smallest absolute Gasteiger partial charge is 0.252 e. The molecule has 0 radical (unpaired) electrons. The molecule has 2 heterocycles. The molecule has 1 unspecified atom stereocenters. The third-order valence-electron chi connectivity index (χ3n) is 7.84. The first-order chi connectivity index (χ1) is 19.8. The van der Waals surface area contributed by atoms with Crippen molar-refractivity contribution in [1.82, 2.24) is 0 Å². The second-order valence-corrected chi connectivity index (χ2v) is 11.7. The summed E-state index contributed by atoms with van der Waals surface area (Å²) in [5.74, 6) is 3.27. The van der Waals surface area contributed by atoms with E-state index in [-0.39, 0.29) is 5.92 Å². The monoisotopic (exact) mass is 578 g/mol. The highest BCUT2D eigenvalue weighted by atomic mass is 32.2. The Balaban J connectivity index is 1.86. The van der Waals surface area contributed by atoms with Crippen molar-refractivity contribution in [2.24, 2.45) is 20.9 Å². The Morgan fingerprint density at radius 3 is 2.51 bits per heavy atom. The number of thioether (sulfide) groups is 1. The largest absolute Gasteiger partial charge is 0.495 e. The van der Waals surface area contributed by atoms with Crippen molar-refractivity contribution in [2.75, 3.05) is 61.0 Å². The van der Waals surface area contributed by atoms with Crippen LogP contribution in [0.15, 0.2) is 39.2 Å². The molecule has 0 amide bonds. The van der Waals surface area contributed by atoms with Gasteiger partial charge in [-0.3, -0.25) is 0 Å². The Labute approximate surface area is 250 Å². The van der Waals surface area contributed by atoms with Crippen LogP contribution in [0.1, 0.15) is 57.2 Å². The van der Waals surface area contributed by atoms with Crippen molar-refractivity contribution in [3.8, 4) is 5.75 Å². The Bertz CT molecular complexity index is 1320. The van der Waals surface area contributed by atoms with Gasteiger partial charge in [0.2, 0.25) is 0 Å². The fourth-order valence-corrected chi connectivity index (χ4v) is 6.24. The molecule has 0 saturated heterocycles. The summed E-state index contributed by atoms with van der Waals surface area (Å²) in [6, 6.07) is 8.64. The molecule has 41 heavy (non-hydrogen) atoms. The number of fused-ring (bicyclic) bond motifs is 5. The van der Waals surface area contributed by atoms with Gasteiger partial charge in [-0.2, -0.15) is 4.99 Å². The van der Waals surface area contributed by atoms with Gasteiger partial charge in [-0.1, -0.05) is 13.0 Å². The molecule has 8 nitrogen and oxygen atoms in total. The lowest BCUT2D eigenvalue weighted by Crippen LogP contribution is -2.28. The number of guanidine groups is 1. The predicted octanol–water partition coefficient (Wildman–Crippen LogP) is 7.34. The maximum absolute atomic E-state index is 6.13. The van der Waals surface area contributed by atoms with E-state index in [0.717, 1.165) is 77.5 Å². The lowest BCUT2D eigenvalue weighted by molar-refractivity contribution is 0.150. The van der Waals surface area contributed by atoms with Crippen molar-refractivity contribution >= 4 is 51.4 Å². The molecule has 0 aliphatic carbocycles. The van der Waals surface area contributed by atoms with E-state index in [0.29, 0.717) is 19.3 Å². The zero-order valence-corrected chi connectivity index (χ0v) is 26.8. The first kappa shape index (κ1) is 30.9. The Kier molecular flexibility index (Phi) is 10.7. The molecule has 9 heteroatoms. The molecule has 4 rings (SSSR count). The lowest BCUT2D eigenvalue weighted by atomic mass is 10.0. The molecule has 2 aromatic rings. The lowest BCUT2D eigenvalue weighted by Gasteiger charge is -2.27. The fraction of sp³-hybridized carbons (Fsp3) is 0.531. The Hall–Kier alpha value is -3.04. The van der Waals surface area contributed by atoms with Gasteiger partial charge in [0.1, 0.15) is 18.3 Å². The zero-order chi connectivity index (χ0) is 29.5. The molecule has 0 aromatic heterocycles. The van der Waals surface area contributed by atoms with Crippen LogP contribution in [0.5, 0.6) is 5.75 Å². The topological polar surface area (TPSA) is 74.0 Å². The number of nitrogens with one attached hydrogen (secondary N) is 1. The molecule has 222 valence electrons. The number of hydrogen-bond donors (Lipinski definition) is 1. The van der Waals surface area contributed by atoms with Gasteiger partial charge in [-0.05, 0) is 82.9 Å². The second-order valence-electron chi connectivity index (χ2n) is 10.5. The third kappa shape index (κ3) is 7.25. The van der Waals surface area contributed by atoms with Crippen LogP contribution in [0.2, 0.25) is 0 Å². The van der Waals surface area contributed by atoms with E-state index in [4.69, 9.17) is 24.5 Å². The maximum atomic E-state index is 6.13. The summed E-state index contributed by atoms with van der Waals surface area (Å²) >= 11 is 1.75. The second kappa shape index (κ2) is 14.2. The van der Waals surface area contributed by atoms with Gasteiger partial charge < -0.3 is 24.6 Å². The standard InChI is InChI=1S/C32H46N6O2S/c1-9-24-17-30-35-32(34-26-19-28(37(10-2)11-3)29(39-8)16-22(26)6)36-31(24)33-25-18-27(23(7)15-21(25)5)38(12-4)20-40-13-14-41-30/h15-16,18-19,24H,9-14,17,20H2,1-8H3,(H,33,34,36). The van der Waals surface area contributed by atoms with Gasteiger partial charge in [-0.25, -0.2) is 9.98 Å². The van der Waals surface area contributed by atoms with Crippen LogP contribution in [0.4, 0.5) is 22.7 Å². The van der Waals surface area contributed by atoms with Gasteiger partial charge in [0, 0.05) is 49.1 Å². The minimum Gasteiger partial charge on any atom is -0.495 e. The molecular formula is C32H46N6O2S. The molecule has 4 bridgehead atoms. The SMILES string of the molecule is CCC1CC2=NC(=Nc3cc(N(CC)CC)c(OC)cc3C)N=C1Nc1cc(c(C)cc1C)N(CC)COCCS2. The van der Waals surface area contributed by atoms with E-state index in [1.165, 1.54) is 16.8 Å². The van der Waals surface area contributed by atoms with E-state index >= 15 is 0 Å². The number of amidine groups is 1. The minimum absolute atomic E-state index is 0.201. The first-order valence-electron chi connectivity index (χ1n) is 14.8. The molecule has 1 N–H and O–H groups in total. The van der Waals surface area contributed by atoms with Gasteiger partial charge in [0.05, 0.1) is 30.1 Å². The van der Waals surface area contributed by atoms with Crippen molar-refractivity contribution in [3.05, 3.63) is 41.0 Å². The average Bonchev–Trinajstić information content (AvgIpc) is 3.12. The van der Waals surface area contributed by atoms with Gasteiger partial charge in [0.15, 0.2) is 0 Å². The highest BCUT2D eigenvalue weighted by Crippen LogP contribution is 2.36. The number of anilines is 3. The molecular weight excluding hydrogens is 532 g/mol. The first-order valence-corrected chi connectivity index (χ1v) is 15.8. The number of aliphatic imine (C=N–C) groups is 3. The van der Waals surface area contributed by atoms with Gasteiger partial charge >= 0.3 is 0 Å². The van der Waals surface area contributed by atoms with E-state index in [1.54, 1.807) is 18.9 Å². The normalized spacial score (nSPS) is 18.8. The molecule has 0 spiro atoms. The van der Waals surface area contributed by atoms with Crippen LogP contribution < -0.4 is 19.9 Å². The number of nitrogens with zero attached hydrogens (tertiary/aromatic N) is 5. The van der Waals surface area contributed by atoms with Crippen LogP contribution in [-0.2, 0) is 4.74 Å². The molecule has 2 aliphatic heterocycles. The fourth-order valence-electron chi connectivity index (χ4n) is 5.34. The van der Waals surface area contributed by atoms with Gasteiger partial charge in [0.25, 0.3) is 5.96 Å². The quantitative estimate of drug-likeness (QED) is 0.371. The number of hydrogen-bond acceptors (Lipinski definition) is 7. The third-order valence-corrected chi connectivity index (χ3v) is 8.80. The number of methoxy groups -OCH3 is 1. The minimum atomic E-state index is 0.201. The summed E-state index contributed by atoms with van der Waals surface area (Å²) in [4.78, 5) is 19.8. The number of ether oxygens (including phenoxy) is 2. The summed E-state index contributed by atoms with van der Waals surface area (Å²) < 4.78 is 11.9. The number of benzene rings is 2. The molecule has 0 saturated carbocycles. The molecule has 0 fully saturated rings. The summed E-state index contributed by atoms with van der Waals surface area (Å²) in [5, 5.41) is 4.77. The molecule has 2 aliphatic rings. The van der Waals surface area contributed by atoms with Crippen molar-refractivity contribution < 1.29 is 9.47 Å². The van der Waals surface area contributed by atoms with Crippen LogP contribution in [0.25, 0.3) is 0 Å². The van der Waals surface area contributed by atoms with Crippen LogP contribution in [0, 0.1) is 26.7 Å². The van der Waals surface area contributed by atoms with Gasteiger partial charge in [-0.15, -0.1) is 11.8 Å².